The monoisotopic (exact) mass is 315 g/mol. The number of benzene rings is 1. The van der Waals surface area contributed by atoms with Crippen LogP contribution in [0.2, 0.25) is 0 Å². The van der Waals surface area contributed by atoms with Crippen molar-refractivity contribution in [1.82, 2.24) is 10.6 Å². The predicted octanol–water partition coefficient (Wildman–Crippen LogP) is 3.10. The fourth-order valence-corrected chi connectivity index (χ4v) is 2.69. The Morgan fingerprint density at radius 3 is 2.61 bits per heavy atom. The number of ether oxygens (including phenoxy) is 1. The molecule has 0 heterocycles. The molecule has 1 aromatic carbocycles. The second-order valence-electron chi connectivity index (χ2n) is 7.13. The number of hydrogen-bond donors (Lipinski definition) is 2. The summed E-state index contributed by atoms with van der Waals surface area (Å²) in [6.07, 6.45) is 2.63. The second kappa shape index (κ2) is 7.01. The summed E-state index contributed by atoms with van der Waals surface area (Å²) in [7, 11) is 0. The van der Waals surface area contributed by atoms with Crippen molar-refractivity contribution in [2.24, 2.45) is 0 Å². The Bertz CT molecular complexity index is 595. The lowest BCUT2D eigenvalue weighted by Gasteiger charge is -2.42. The normalized spacial score (nSPS) is 16.1. The largest absolute Gasteiger partial charge is 0.444 e. The summed E-state index contributed by atoms with van der Waals surface area (Å²) in [5.41, 5.74) is 0.933. The van der Waals surface area contributed by atoms with E-state index in [1.165, 1.54) is 0 Å². The van der Waals surface area contributed by atoms with Crippen molar-refractivity contribution in [3.63, 3.8) is 0 Å². The zero-order chi connectivity index (χ0) is 16.9. The average Bonchev–Trinajstić information content (AvgIpc) is 2.43. The number of hydrogen-bond acceptors (Lipinski definition) is 4. The predicted molar refractivity (Wildman–Crippen MR) is 88.8 cm³/mol. The Kier molecular flexibility index (Phi) is 5.27. The van der Waals surface area contributed by atoms with Gasteiger partial charge in [0.1, 0.15) is 5.60 Å². The Morgan fingerprint density at radius 1 is 1.35 bits per heavy atom. The summed E-state index contributed by atoms with van der Waals surface area (Å²) >= 11 is 0. The van der Waals surface area contributed by atoms with E-state index >= 15 is 0 Å². The molecule has 1 amide bonds. The van der Waals surface area contributed by atoms with Gasteiger partial charge in [0.25, 0.3) is 0 Å². The maximum absolute atomic E-state index is 12.0. The van der Waals surface area contributed by atoms with Crippen LogP contribution in [0.4, 0.5) is 4.79 Å². The highest BCUT2D eigenvalue weighted by molar-refractivity contribution is 5.69. The summed E-state index contributed by atoms with van der Waals surface area (Å²) in [5, 5.41) is 15.5. The van der Waals surface area contributed by atoms with E-state index in [0.29, 0.717) is 18.7 Å². The van der Waals surface area contributed by atoms with E-state index in [0.717, 1.165) is 24.8 Å². The van der Waals surface area contributed by atoms with Crippen molar-refractivity contribution in [1.29, 1.82) is 5.26 Å². The zero-order valence-electron chi connectivity index (χ0n) is 14.1. The van der Waals surface area contributed by atoms with E-state index in [-0.39, 0.29) is 11.6 Å². The average molecular weight is 315 g/mol. The standard InChI is InChI=1S/C18H25N3O2/c1-17(2,3)23-16(22)21-18(9-6-10-18)13-20-12-15-8-5-4-7-14(15)11-19/h4-5,7-8,20H,6,9-10,12-13H2,1-3H3,(H,21,22). The van der Waals surface area contributed by atoms with Crippen molar-refractivity contribution in [3.05, 3.63) is 35.4 Å². The van der Waals surface area contributed by atoms with Gasteiger partial charge in [-0.25, -0.2) is 4.79 Å². The number of alkyl carbamates (subject to hydrolysis) is 1. The van der Waals surface area contributed by atoms with E-state index in [9.17, 15) is 4.79 Å². The number of carbonyl (C=O) groups excluding carboxylic acids is 1. The molecule has 0 aromatic heterocycles. The topological polar surface area (TPSA) is 74.2 Å². The van der Waals surface area contributed by atoms with Gasteiger partial charge in [-0.05, 0) is 51.7 Å². The third kappa shape index (κ3) is 4.97. The van der Waals surface area contributed by atoms with Gasteiger partial charge in [-0.1, -0.05) is 18.2 Å². The molecule has 2 rings (SSSR count). The van der Waals surface area contributed by atoms with Crippen LogP contribution in [-0.4, -0.2) is 23.8 Å². The summed E-state index contributed by atoms with van der Waals surface area (Å²) in [6, 6.07) is 9.75. The van der Waals surface area contributed by atoms with E-state index in [2.05, 4.69) is 16.7 Å². The Balaban J connectivity index is 1.87. The van der Waals surface area contributed by atoms with Crippen LogP contribution in [0, 0.1) is 11.3 Å². The van der Waals surface area contributed by atoms with Gasteiger partial charge in [0.15, 0.2) is 0 Å². The van der Waals surface area contributed by atoms with Crippen LogP contribution < -0.4 is 10.6 Å². The highest BCUT2D eigenvalue weighted by Gasteiger charge is 2.39. The molecule has 0 atom stereocenters. The number of nitrogens with zero attached hydrogens (tertiary/aromatic N) is 1. The lowest BCUT2D eigenvalue weighted by molar-refractivity contribution is 0.0382. The third-order valence-electron chi connectivity index (χ3n) is 3.99. The molecular formula is C18H25N3O2. The van der Waals surface area contributed by atoms with Crippen LogP contribution in [0.1, 0.15) is 51.2 Å². The van der Waals surface area contributed by atoms with Crippen LogP contribution in [0.5, 0.6) is 0 Å². The van der Waals surface area contributed by atoms with Gasteiger partial charge in [0.2, 0.25) is 0 Å². The molecular weight excluding hydrogens is 290 g/mol. The highest BCUT2D eigenvalue weighted by atomic mass is 16.6. The molecule has 1 aliphatic carbocycles. The fourth-order valence-electron chi connectivity index (χ4n) is 2.69. The first-order valence-electron chi connectivity index (χ1n) is 8.03. The van der Waals surface area contributed by atoms with E-state index < -0.39 is 5.60 Å². The Hall–Kier alpha value is -2.06. The van der Waals surface area contributed by atoms with Gasteiger partial charge >= 0.3 is 6.09 Å². The van der Waals surface area contributed by atoms with Gasteiger partial charge in [-0.15, -0.1) is 0 Å². The summed E-state index contributed by atoms with van der Waals surface area (Å²) < 4.78 is 5.35. The number of amides is 1. The molecule has 1 aromatic rings. The van der Waals surface area contributed by atoms with E-state index in [1.54, 1.807) is 0 Å². The molecule has 2 N–H and O–H groups in total. The maximum atomic E-state index is 12.0. The van der Waals surface area contributed by atoms with Crippen LogP contribution >= 0.6 is 0 Å². The Labute approximate surface area is 138 Å². The lowest BCUT2D eigenvalue weighted by Crippen LogP contribution is -2.59. The van der Waals surface area contributed by atoms with E-state index in [1.807, 2.05) is 45.0 Å². The van der Waals surface area contributed by atoms with Gasteiger partial charge in [-0.2, -0.15) is 5.26 Å². The Morgan fingerprint density at radius 2 is 2.04 bits per heavy atom. The minimum Gasteiger partial charge on any atom is -0.444 e. The number of rotatable bonds is 5. The second-order valence-corrected chi connectivity index (χ2v) is 7.13. The number of carbonyl (C=O) groups is 1. The maximum Gasteiger partial charge on any atom is 0.408 e. The molecule has 0 saturated heterocycles. The van der Waals surface area contributed by atoms with Crippen LogP contribution in [-0.2, 0) is 11.3 Å². The molecule has 0 bridgehead atoms. The molecule has 124 valence electrons. The molecule has 0 spiro atoms. The quantitative estimate of drug-likeness (QED) is 0.875. The molecule has 0 unspecified atom stereocenters. The smallest absolute Gasteiger partial charge is 0.408 e. The molecule has 23 heavy (non-hydrogen) atoms. The third-order valence-corrected chi connectivity index (χ3v) is 3.99. The molecule has 1 fully saturated rings. The van der Waals surface area contributed by atoms with Crippen LogP contribution in [0.15, 0.2) is 24.3 Å². The first-order chi connectivity index (χ1) is 10.8. The number of nitrogens with one attached hydrogen (secondary N) is 2. The minimum absolute atomic E-state index is 0.232. The van der Waals surface area contributed by atoms with Crippen LogP contribution in [0.25, 0.3) is 0 Å². The van der Waals surface area contributed by atoms with Gasteiger partial charge in [-0.3, -0.25) is 0 Å². The SMILES string of the molecule is CC(C)(C)OC(=O)NC1(CNCc2ccccc2C#N)CCC1. The van der Waals surface area contributed by atoms with Gasteiger partial charge < -0.3 is 15.4 Å². The summed E-state index contributed by atoms with van der Waals surface area (Å²) in [5.74, 6) is 0. The van der Waals surface area contributed by atoms with Gasteiger partial charge in [0, 0.05) is 13.1 Å². The van der Waals surface area contributed by atoms with Crippen molar-refractivity contribution >= 4 is 6.09 Å². The van der Waals surface area contributed by atoms with Crippen molar-refractivity contribution < 1.29 is 9.53 Å². The van der Waals surface area contributed by atoms with Crippen molar-refractivity contribution in [3.8, 4) is 6.07 Å². The molecule has 1 saturated carbocycles. The molecule has 0 aliphatic heterocycles. The number of nitriles is 1. The van der Waals surface area contributed by atoms with Gasteiger partial charge in [0.05, 0.1) is 17.2 Å². The first kappa shape index (κ1) is 17.3. The first-order valence-corrected chi connectivity index (χ1v) is 8.03. The highest BCUT2D eigenvalue weighted by Crippen LogP contribution is 2.31. The molecule has 5 nitrogen and oxygen atoms in total. The molecule has 0 radical (unpaired) electrons. The zero-order valence-corrected chi connectivity index (χ0v) is 14.1. The summed E-state index contributed by atoms with van der Waals surface area (Å²) in [6.45, 7) is 6.86. The van der Waals surface area contributed by atoms with Crippen molar-refractivity contribution in [2.45, 2.75) is 57.7 Å². The molecule has 1 aliphatic rings. The fraction of sp³-hybridized carbons (Fsp3) is 0.556. The lowest BCUT2D eigenvalue weighted by atomic mass is 9.76. The molecule has 5 heteroatoms. The van der Waals surface area contributed by atoms with Crippen molar-refractivity contribution in [2.75, 3.05) is 6.54 Å². The summed E-state index contributed by atoms with van der Waals surface area (Å²) in [4.78, 5) is 12.0. The van der Waals surface area contributed by atoms with Crippen LogP contribution in [0.3, 0.4) is 0 Å². The minimum atomic E-state index is -0.492. The van der Waals surface area contributed by atoms with E-state index in [4.69, 9.17) is 10.00 Å².